The zero-order valence-electron chi connectivity index (χ0n) is 18.7. The molecule has 0 spiro atoms. The second-order valence-electron chi connectivity index (χ2n) is 9.44. The molecule has 1 aromatic rings. The van der Waals surface area contributed by atoms with E-state index in [2.05, 4.69) is 19.9 Å². The summed E-state index contributed by atoms with van der Waals surface area (Å²) in [5.41, 5.74) is 2.26. The largest absolute Gasteiger partial charge is 0.508 e. The Labute approximate surface area is 178 Å². The van der Waals surface area contributed by atoms with Gasteiger partial charge in [-0.15, -0.1) is 0 Å². The molecule has 2 unspecified atom stereocenters. The molecule has 164 valence electrons. The fourth-order valence-electron chi connectivity index (χ4n) is 5.15. The van der Waals surface area contributed by atoms with Gasteiger partial charge in [0, 0.05) is 6.42 Å². The first kappa shape index (κ1) is 22.6. The number of hydrogen-bond acceptors (Lipinski definition) is 3. The van der Waals surface area contributed by atoms with Gasteiger partial charge >= 0.3 is 0 Å². The SMILES string of the molecule is CC(Cc1cccc(O)c1CC(C)OC1CCCCCC1)OC1CCCCCC1. The molecular weight excluding hydrogens is 360 g/mol. The fraction of sp³-hybridized carbons (Fsp3) is 0.769. The van der Waals surface area contributed by atoms with Crippen LogP contribution in [0.25, 0.3) is 0 Å². The Balaban J connectivity index is 1.57. The van der Waals surface area contributed by atoms with Crippen molar-refractivity contribution in [1.82, 2.24) is 0 Å². The lowest BCUT2D eigenvalue weighted by atomic mass is 9.96. The quantitative estimate of drug-likeness (QED) is 0.490. The molecular formula is C26H42O3. The van der Waals surface area contributed by atoms with E-state index in [-0.39, 0.29) is 12.2 Å². The van der Waals surface area contributed by atoms with Crippen molar-refractivity contribution < 1.29 is 14.6 Å². The van der Waals surface area contributed by atoms with Crippen molar-refractivity contribution in [1.29, 1.82) is 0 Å². The van der Waals surface area contributed by atoms with Crippen molar-refractivity contribution in [2.75, 3.05) is 0 Å². The van der Waals surface area contributed by atoms with Gasteiger partial charge < -0.3 is 14.6 Å². The average Bonchev–Trinajstić information content (AvgIpc) is 3.09. The Kier molecular flexibility index (Phi) is 9.33. The molecule has 0 saturated heterocycles. The second kappa shape index (κ2) is 12.0. The third-order valence-electron chi connectivity index (χ3n) is 6.70. The van der Waals surface area contributed by atoms with E-state index in [1.807, 2.05) is 12.1 Å². The van der Waals surface area contributed by atoms with Crippen LogP contribution < -0.4 is 0 Å². The van der Waals surface area contributed by atoms with Crippen LogP contribution >= 0.6 is 0 Å². The van der Waals surface area contributed by atoms with E-state index >= 15 is 0 Å². The normalized spacial score (nSPS) is 22.0. The van der Waals surface area contributed by atoms with Crippen LogP contribution in [0.2, 0.25) is 0 Å². The third-order valence-corrected chi connectivity index (χ3v) is 6.70. The molecule has 0 aliphatic heterocycles. The summed E-state index contributed by atoms with van der Waals surface area (Å²) in [5.74, 6) is 0.403. The van der Waals surface area contributed by atoms with E-state index in [1.54, 1.807) is 0 Å². The summed E-state index contributed by atoms with van der Waals surface area (Å²) < 4.78 is 12.8. The summed E-state index contributed by atoms with van der Waals surface area (Å²) in [4.78, 5) is 0. The number of benzene rings is 1. The number of phenolic OH excluding ortho intramolecular Hbond substituents is 1. The maximum absolute atomic E-state index is 10.6. The Morgan fingerprint density at radius 3 is 1.76 bits per heavy atom. The molecule has 2 aliphatic rings. The molecule has 0 bridgehead atoms. The molecule has 0 amide bonds. The highest BCUT2D eigenvalue weighted by atomic mass is 16.5. The maximum Gasteiger partial charge on any atom is 0.119 e. The van der Waals surface area contributed by atoms with Crippen LogP contribution in [0, 0.1) is 0 Å². The van der Waals surface area contributed by atoms with Gasteiger partial charge in [0.25, 0.3) is 0 Å². The Morgan fingerprint density at radius 2 is 1.24 bits per heavy atom. The van der Waals surface area contributed by atoms with Crippen LogP contribution in [0.5, 0.6) is 5.75 Å². The van der Waals surface area contributed by atoms with Crippen molar-refractivity contribution in [3.8, 4) is 5.75 Å². The van der Waals surface area contributed by atoms with Crippen LogP contribution in [-0.4, -0.2) is 29.5 Å². The summed E-state index contributed by atoms with van der Waals surface area (Å²) in [6.45, 7) is 4.34. The number of ether oxygens (including phenoxy) is 2. The van der Waals surface area contributed by atoms with Crippen LogP contribution in [-0.2, 0) is 22.3 Å². The van der Waals surface area contributed by atoms with Crippen molar-refractivity contribution >= 4 is 0 Å². The minimum absolute atomic E-state index is 0.128. The highest BCUT2D eigenvalue weighted by Crippen LogP contribution is 2.28. The van der Waals surface area contributed by atoms with Crippen molar-refractivity contribution in [3.05, 3.63) is 29.3 Å². The van der Waals surface area contributed by atoms with Gasteiger partial charge in [-0.25, -0.2) is 0 Å². The first-order valence-corrected chi connectivity index (χ1v) is 12.2. The number of rotatable bonds is 8. The first-order chi connectivity index (χ1) is 14.1. The summed E-state index contributed by atoms with van der Waals surface area (Å²) in [6.07, 6.45) is 18.1. The molecule has 0 aromatic heterocycles. The Morgan fingerprint density at radius 1 is 0.759 bits per heavy atom. The molecule has 2 aliphatic carbocycles. The van der Waals surface area contributed by atoms with E-state index in [4.69, 9.17) is 9.47 Å². The van der Waals surface area contributed by atoms with Crippen molar-refractivity contribution in [3.63, 3.8) is 0 Å². The lowest BCUT2D eigenvalue weighted by Gasteiger charge is -2.24. The molecule has 3 heteroatoms. The van der Waals surface area contributed by atoms with Crippen LogP contribution in [0.3, 0.4) is 0 Å². The van der Waals surface area contributed by atoms with Crippen molar-refractivity contribution in [2.45, 2.75) is 128 Å². The monoisotopic (exact) mass is 402 g/mol. The van der Waals surface area contributed by atoms with E-state index in [0.29, 0.717) is 18.0 Å². The predicted octanol–water partition coefficient (Wildman–Crippen LogP) is 6.73. The molecule has 0 radical (unpaired) electrons. The van der Waals surface area contributed by atoms with Crippen LogP contribution in [0.1, 0.15) is 102 Å². The molecule has 3 nitrogen and oxygen atoms in total. The predicted molar refractivity (Wildman–Crippen MR) is 120 cm³/mol. The fourth-order valence-corrected chi connectivity index (χ4v) is 5.15. The summed E-state index contributed by atoms with van der Waals surface area (Å²) in [6, 6.07) is 5.93. The molecule has 2 atom stereocenters. The molecule has 2 saturated carbocycles. The maximum atomic E-state index is 10.6. The minimum Gasteiger partial charge on any atom is -0.508 e. The third kappa shape index (κ3) is 7.61. The van der Waals surface area contributed by atoms with Gasteiger partial charge in [0.2, 0.25) is 0 Å². The second-order valence-corrected chi connectivity index (χ2v) is 9.44. The first-order valence-electron chi connectivity index (χ1n) is 12.2. The summed E-state index contributed by atoms with van der Waals surface area (Å²) in [7, 11) is 0. The molecule has 29 heavy (non-hydrogen) atoms. The van der Waals surface area contributed by atoms with Gasteiger partial charge in [0.1, 0.15) is 5.75 Å². The van der Waals surface area contributed by atoms with Gasteiger partial charge in [-0.3, -0.25) is 0 Å². The topological polar surface area (TPSA) is 38.7 Å². The highest BCUT2D eigenvalue weighted by molar-refractivity contribution is 5.40. The molecule has 1 N–H and O–H groups in total. The van der Waals surface area contributed by atoms with Crippen LogP contribution in [0.15, 0.2) is 18.2 Å². The lowest BCUT2D eigenvalue weighted by Crippen LogP contribution is -2.23. The van der Waals surface area contributed by atoms with Gasteiger partial charge in [-0.1, -0.05) is 63.5 Å². The average molecular weight is 403 g/mol. The number of phenols is 1. The van der Waals surface area contributed by atoms with Crippen molar-refractivity contribution in [2.24, 2.45) is 0 Å². The van der Waals surface area contributed by atoms with Gasteiger partial charge in [0.15, 0.2) is 0 Å². The molecule has 1 aromatic carbocycles. The Bertz CT molecular complexity index is 584. The zero-order valence-corrected chi connectivity index (χ0v) is 18.7. The van der Waals surface area contributed by atoms with Gasteiger partial charge in [0.05, 0.1) is 24.4 Å². The molecule has 2 fully saturated rings. The van der Waals surface area contributed by atoms with Gasteiger partial charge in [-0.05, 0) is 63.1 Å². The summed E-state index contributed by atoms with van der Waals surface area (Å²) >= 11 is 0. The van der Waals surface area contributed by atoms with E-state index < -0.39 is 0 Å². The molecule has 0 heterocycles. The standard InChI is InChI=1S/C26H42O3/c1-20(28-23-13-7-3-4-8-14-23)18-22-12-11-17-26(27)25(22)19-21(2)29-24-15-9-5-6-10-16-24/h11-12,17,20-21,23-24,27H,3-10,13-16,18-19H2,1-2H3. The number of hydrogen-bond donors (Lipinski definition) is 1. The van der Waals surface area contributed by atoms with Gasteiger partial charge in [-0.2, -0.15) is 0 Å². The lowest BCUT2D eigenvalue weighted by molar-refractivity contribution is -0.0121. The Hall–Kier alpha value is -1.06. The number of aromatic hydroxyl groups is 1. The molecule has 3 rings (SSSR count). The van der Waals surface area contributed by atoms with E-state index in [9.17, 15) is 5.11 Å². The summed E-state index contributed by atoms with van der Waals surface area (Å²) in [5, 5.41) is 10.6. The smallest absolute Gasteiger partial charge is 0.119 e. The van der Waals surface area contributed by atoms with E-state index in [1.165, 1.54) is 82.6 Å². The zero-order chi connectivity index (χ0) is 20.5. The minimum atomic E-state index is 0.128. The van der Waals surface area contributed by atoms with E-state index in [0.717, 1.165) is 18.4 Å². The van der Waals surface area contributed by atoms with Crippen LogP contribution in [0.4, 0.5) is 0 Å². The highest BCUT2D eigenvalue weighted by Gasteiger charge is 2.21.